The van der Waals surface area contributed by atoms with Crippen molar-refractivity contribution in [3.63, 3.8) is 0 Å². The second kappa shape index (κ2) is 8.80. The second-order valence-electron chi connectivity index (χ2n) is 6.20. The summed E-state index contributed by atoms with van der Waals surface area (Å²) in [5.74, 6) is 0.0132. The van der Waals surface area contributed by atoms with Crippen molar-refractivity contribution in [3.05, 3.63) is 47.4 Å². The van der Waals surface area contributed by atoms with Crippen molar-refractivity contribution in [2.75, 3.05) is 18.0 Å². The molecule has 1 aliphatic carbocycles. The van der Waals surface area contributed by atoms with Gasteiger partial charge in [-0.1, -0.05) is 6.08 Å². The third kappa shape index (κ3) is 4.40. The zero-order valence-electron chi connectivity index (χ0n) is 14.7. The first-order valence-electron chi connectivity index (χ1n) is 8.90. The minimum absolute atomic E-state index is 0.00300. The zero-order valence-corrected chi connectivity index (χ0v) is 15.5. The number of nitrogens with one attached hydrogen (secondary N) is 1. The van der Waals surface area contributed by atoms with E-state index in [4.69, 9.17) is 4.42 Å². The first-order chi connectivity index (χ1) is 12.7. The van der Waals surface area contributed by atoms with Crippen LogP contribution in [0.5, 0.6) is 0 Å². The third-order valence-corrected chi connectivity index (χ3v) is 5.46. The fraction of sp³-hybridized carbons (Fsp3) is 0.421. The van der Waals surface area contributed by atoms with E-state index in [9.17, 15) is 9.59 Å². The van der Waals surface area contributed by atoms with Crippen LogP contribution in [-0.2, 0) is 17.6 Å². The van der Waals surface area contributed by atoms with Crippen molar-refractivity contribution in [3.8, 4) is 0 Å². The molecule has 0 unspecified atom stereocenters. The Kier molecular flexibility index (Phi) is 6.22. The summed E-state index contributed by atoms with van der Waals surface area (Å²) < 4.78 is 5.04. The molecule has 2 aromatic rings. The summed E-state index contributed by atoms with van der Waals surface area (Å²) >= 11 is 1.62. The number of carbonyl (C=O) groups is 2. The Morgan fingerprint density at radius 2 is 2.23 bits per heavy atom. The lowest BCUT2D eigenvalue weighted by Crippen LogP contribution is -2.32. The summed E-state index contributed by atoms with van der Waals surface area (Å²) in [5, 5.41) is 3.52. The molecule has 0 aromatic carbocycles. The van der Waals surface area contributed by atoms with Gasteiger partial charge in [0.15, 0.2) is 10.9 Å². The number of furan rings is 1. The van der Waals surface area contributed by atoms with Crippen LogP contribution in [0.2, 0.25) is 0 Å². The number of aromatic nitrogens is 1. The largest absolute Gasteiger partial charge is 0.459 e. The number of fused-ring (bicyclic) bond motifs is 1. The van der Waals surface area contributed by atoms with E-state index in [0.717, 1.165) is 23.7 Å². The molecule has 26 heavy (non-hydrogen) atoms. The lowest BCUT2D eigenvalue weighted by Gasteiger charge is -2.18. The van der Waals surface area contributed by atoms with Crippen molar-refractivity contribution in [1.29, 1.82) is 0 Å². The molecule has 0 saturated carbocycles. The van der Waals surface area contributed by atoms with Gasteiger partial charge in [0.05, 0.1) is 12.0 Å². The second-order valence-corrected chi connectivity index (χ2v) is 7.27. The molecular formula is C19H23N3O3S. The quantitative estimate of drug-likeness (QED) is 0.569. The Bertz CT molecular complexity index is 744. The summed E-state index contributed by atoms with van der Waals surface area (Å²) in [7, 11) is 0. The Morgan fingerprint density at radius 1 is 1.38 bits per heavy atom. The molecule has 0 radical (unpaired) electrons. The predicted molar refractivity (Wildman–Crippen MR) is 102 cm³/mol. The molecule has 0 atom stereocenters. The molecule has 0 bridgehead atoms. The van der Waals surface area contributed by atoms with Gasteiger partial charge < -0.3 is 9.73 Å². The Balaban J connectivity index is 1.53. The molecule has 0 fully saturated rings. The van der Waals surface area contributed by atoms with Crippen LogP contribution in [0.15, 0.2) is 35.5 Å². The molecule has 0 spiro atoms. The number of hydrogen-bond acceptors (Lipinski definition) is 5. The van der Waals surface area contributed by atoms with Crippen LogP contribution >= 0.6 is 11.3 Å². The van der Waals surface area contributed by atoms with E-state index < -0.39 is 0 Å². The van der Waals surface area contributed by atoms with Gasteiger partial charge in [-0.25, -0.2) is 4.98 Å². The molecule has 6 nitrogen and oxygen atoms in total. The van der Waals surface area contributed by atoms with Crippen LogP contribution in [-0.4, -0.2) is 29.9 Å². The SMILES string of the molecule is C=CCN(C(=O)CCCNC(=O)c1ccco1)c1nc2c(s1)CCCC2. The molecule has 1 N–H and O–H groups in total. The summed E-state index contributed by atoms with van der Waals surface area (Å²) in [5.41, 5.74) is 1.14. The van der Waals surface area contributed by atoms with E-state index in [1.54, 1.807) is 34.4 Å². The lowest BCUT2D eigenvalue weighted by molar-refractivity contribution is -0.118. The molecule has 2 heterocycles. The molecule has 3 rings (SSSR count). The number of aryl methyl sites for hydroxylation is 2. The standard InChI is InChI=1S/C19H23N3O3S/c1-2-12-22(19-21-14-7-3-4-9-16(14)26-19)17(23)10-5-11-20-18(24)15-8-6-13-25-15/h2,6,8,13H,1,3-5,7,9-12H2,(H,20,24). The van der Waals surface area contributed by atoms with E-state index in [2.05, 4.69) is 16.9 Å². The molecule has 2 amide bonds. The maximum atomic E-state index is 12.6. The van der Waals surface area contributed by atoms with Crippen molar-refractivity contribution in [2.24, 2.45) is 0 Å². The van der Waals surface area contributed by atoms with Crippen molar-refractivity contribution in [1.82, 2.24) is 10.3 Å². The number of carbonyl (C=O) groups excluding carboxylic acids is 2. The van der Waals surface area contributed by atoms with Crippen LogP contribution < -0.4 is 10.2 Å². The monoisotopic (exact) mass is 373 g/mol. The number of rotatable bonds is 8. The molecule has 7 heteroatoms. The van der Waals surface area contributed by atoms with Crippen LogP contribution in [0.4, 0.5) is 5.13 Å². The normalized spacial score (nSPS) is 13.1. The summed E-state index contributed by atoms with van der Waals surface area (Å²) in [4.78, 5) is 32.1. The summed E-state index contributed by atoms with van der Waals surface area (Å²) in [6.45, 7) is 4.62. The first-order valence-corrected chi connectivity index (χ1v) is 9.72. The van der Waals surface area contributed by atoms with Gasteiger partial charge in [0.1, 0.15) is 0 Å². The molecule has 0 saturated heterocycles. The van der Waals surface area contributed by atoms with Crippen LogP contribution in [0.1, 0.15) is 46.8 Å². The van der Waals surface area contributed by atoms with E-state index >= 15 is 0 Å². The number of amides is 2. The highest BCUT2D eigenvalue weighted by molar-refractivity contribution is 7.16. The van der Waals surface area contributed by atoms with Gasteiger partial charge in [0, 0.05) is 24.4 Å². The van der Waals surface area contributed by atoms with Gasteiger partial charge in [0.25, 0.3) is 5.91 Å². The fourth-order valence-electron chi connectivity index (χ4n) is 2.94. The zero-order chi connectivity index (χ0) is 18.4. The topological polar surface area (TPSA) is 75.4 Å². The first kappa shape index (κ1) is 18.4. The minimum atomic E-state index is -0.266. The number of thiazole rings is 1. The maximum Gasteiger partial charge on any atom is 0.286 e. The molecule has 1 aliphatic rings. The van der Waals surface area contributed by atoms with Crippen molar-refractivity contribution < 1.29 is 14.0 Å². The van der Waals surface area contributed by atoms with E-state index in [-0.39, 0.29) is 17.6 Å². The number of nitrogens with zero attached hydrogens (tertiary/aromatic N) is 2. The van der Waals surface area contributed by atoms with Gasteiger partial charge in [-0.2, -0.15) is 0 Å². The third-order valence-electron chi connectivity index (χ3n) is 4.28. The van der Waals surface area contributed by atoms with Gasteiger partial charge >= 0.3 is 0 Å². The number of anilines is 1. The highest BCUT2D eigenvalue weighted by Gasteiger charge is 2.22. The summed E-state index contributed by atoms with van der Waals surface area (Å²) in [6, 6.07) is 3.27. The van der Waals surface area contributed by atoms with E-state index in [0.29, 0.717) is 25.9 Å². The van der Waals surface area contributed by atoms with Crippen molar-refractivity contribution >= 4 is 28.3 Å². The lowest BCUT2D eigenvalue weighted by atomic mass is 10.0. The minimum Gasteiger partial charge on any atom is -0.459 e. The fourth-order valence-corrected chi connectivity index (χ4v) is 4.12. The Hall–Kier alpha value is -2.41. The average Bonchev–Trinajstić information content (AvgIpc) is 3.32. The van der Waals surface area contributed by atoms with Crippen LogP contribution in [0.3, 0.4) is 0 Å². The maximum absolute atomic E-state index is 12.6. The molecular weight excluding hydrogens is 350 g/mol. The van der Waals surface area contributed by atoms with Crippen LogP contribution in [0.25, 0.3) is 0 Å². The Morgan fingerprint density at radius 3 is 2.96 bits per heavy atom. The average molecular weight is 373 g/mol. The highest BCUT2D eigenvalue weighted by atomic mass is 32.1. The van der Waals surface area contributed by atoms with Crippen LogP contribution in [0, 0.1) is 0 Å². The molecule has 138 valence electrons. The van der Waals surface area contributed by atoms with Gasteiger partial charge in [-0.3, -0.25) is 14.5 Å². The summed E-state index contributed by atoms with van der Waals surface area (Å²) in [6.07, 6.45) is 8.50. The highest BCUT2D eigenvalue weighted by Crippen LogP contribution is 2.32. The molecule has 2 aromatic heterocycles. The van der Waals surface area contributed by atoms with Gasteiger partial charge in [-0.05, 0) is 44.2 Å². The van der Waals surface area contributed by atoms with Gasteiger partial charge in [-0.15, -0.1) is 17.9 Å². The van der Waals surface area contributed by atoms with Crippen molar-refractivity contribution in [2.45, 2.75) is 38.5 Å². The predicted octanol–water partition coefficient (Wildman–Crippen LogP) is 3.34. The smallest absolute Gasteiger partial charge is 0.286 e. The Labute approximate surface area is 156 Å². The number of hydrogen-bond donors (Lipinski definition) is 1. The van der Waals surface area contributed by atoms with Gasteiger partial charge in [0.2, 0.25) is 5.91 Å². The van der Waals surface area contributed by atoms with E-state index in [1.807, 2.05) is 0 Å². The van der Waals surface area contributed by atoms with E-state index in [1.165, 1.54) is 24.0 Å². The molecule has 0 aliphatic heterocycles.